The molecule has 8 heteroatoms. The maximum Gasteiger partial charge on any atom is 0.229 e. The summed E-state index contributed by atoms with van der Waals surface area (Å²) in [4.78, 5) is 35.0. The molecule has 1 aliphatic heterocycles. The highest BCUT2D eigenvalue weighted by atomic mass is 16.5. The molecule has 3 aromatic rings. The molecule has 0 saturated carbocycles. The summed E-state index contributed by atoms with van der Waals surface area (Å²) >= 11 is 0. The van der Waals surface area contributed by atoms with Gasteiger partial charge in [0.1, 0.15) is 17.9 Å². The van der Waals surface area contributed by atoms with Crippen LogP contribution in [0.2, 0.25) is 0 Å². The molecular formula is C23H23N5O3. The van der Waals surface area contributed by atoms with E-state index in [1.807, 2.05) is 49.4 Å². The number of carbonyl (C=O) groups is 2. The van der Waals surface area contributed by atoms with Crippen molar-refractivity contribution in [1.82, 2.24) is 9.97 Å². The first-order valence-electron chi connectivity index (χ1n) is 9.93. The molecule has 8 nitrogen and oxygen atoms in total. The second-order valence-electron chi connectivity index (χ2n) is 7.34. The Bertz CT molecular complexity index is 1080. The predicted octanol–water partition coefficient (Wildman–Crippen LogP) is 3.53. The zero-order valence-electron chi connectivity index (χ0n) is 17.3. The minimum atomic E-state index is -0.406. The molecule has 0 bridgehead atoms. The lowest BCUT2D eigenvalue weighted by Crippen LogP contribution is -2.28. The summed E-state index contributed by atoms with van der Waals surface area (Å²) in [6.45, 7) is 2.25. The van der Waals surface area contributed by atoms with E-state index in [1.54, 1.807) is 24.1 Å². The maximum absolute atomic E-state index is 12.7. The molecule has 1 unspecified atom stereocenters. The van der Waals surface area contributed by atoms with Crippen LogP contribution in [0.25, 0.3) is 0 Å². The van der Waals surface area contributed by atoms with Crippen molar-refractivity contribution < 1.29 is 14.3 Å². The zero-order chi connectivity index (χ0) is 21.8. The van der Waals surface area contributed by atoms with Crippen LogP contribution in [0.3, 0.4) is 0 Å². The predicted molar refractivity (Wildman–Crippen MR) is 119 cm³/mol. The SMILES string of the molecule is COc1ccc(N2CC(C(=O)Nc3ccc(Nc4cc(C)ncn4)cc3)CC2=O)cc1. The van der Waals surface area contributed by atoms with E-state index >= 15 is 0 Å². The largest absolute Gasteiger partial charge is 0.497 e. The van der Waals surface area contributed by atoms with E-state index in [0.717, 1.165) is 22.8 Å². The van der Waals surface area contributed by atoms with Gasteiger partial charge in [0.15, 0.2) is 0 Å². The quantitative estimate of drug-likeness (QED) is 0.637. The van der Waals surface area contributed by atoms with E-state index in [4.69, 9.17) is 4.74 Å². The molecule has 2 heterocycles. The third kappa shape index (κ3) is 4.80. The summed E-state index contributed by atoms with van der Waals surface area (Å²) in [5.74, 6) is 0.780. The second-order valence-corrected chi connectivity index (χ2v) is 7.34. The van der Waals surface area contributed by atoms with Gasteiger partial charge < -0.3 is 20.3 Å². The molecule has 1 atom stereocenters. The molecule has 0 radical (unpaired) electrons. The van der Waals surface area contributed by atoms with E-state index in [1.165, 1.54) is 6.33 Å². The van der Waals surface area contributed by atoms with Gasteiger partial charge in [-0.2, -0.15) is 0 Å². The normalized spacial score (nSPS) is 15.6. The van der Waals surface area contributed by atoms with Gasteiger partial charge in [0, 0.05) is 41.8 Å². The Morgan fingerprint density at radius 3 is 2.45 bits per heavy atom. The maximum atomic E-state index is 12.7. The van der Waals surface area contributed by atoms with Gasteiger partial charge in [0.05, 0.1) is 13.0 Å². The smallest absolute Gasteiger partial charge is 0.229 e. The van der Waals surface area contributed by atoms with Crippen LogP contribution in [-0.2, 0) is 9.59 Å². The van der Waals surface area contributed by atoms with Gasteiger partial charge in [-0.1, -0.05) is 0 Å². The Morgan fingerprint density at radius 1 is 1.06 bits per heavy atom. The summed E-state index contributed by atoms with van der Waals surface area (Å²) in [7, 11) is 1.59. The summed E-state index contributed by atoms with van der Waals surface area (Å²) in [6, 6.07) is 16.4. The number of aromatic nitrogens is 2. The average Bonchev–Trinajstić information content (AvgIpc) is 3.17. The van der Waals surface area contributed by atoms with E-state index in [-0.39, 0.29) is 18.2 Å². The number of nitrogens with zero attached hydrogens (tertiary/aromatic N) is 3. The van der Waals surface area contributed by atoms with Gasteiger partial charge in [-0.05, 0) is 55.5 Å². The highest BCUT2D eigenvalue weighted by Gasteiger charge is 2.35. The first-order valence-corrected chi connectivity index (χ1v) is 9.93. The van der Waals surface area contributed by atoms with E-state index in [0.29, 0.717) is 18.1 Å². The summed E-state index contributed by atoms with van der Waals surface area (Å²) in [5, 5.41) is 6.10. The third-order valence-electron chi connectivity index (χ3n) is 5.11. The zero-order valence-corrected chi connectivity index (χ0v) is 17.3. The highest BCUT2D eigenvalue weighted by molar-refractivity contribution is 6.03. The molecule has 2 aromatic carbocycles. The number of carbonyl (C=O) groups excluding carboxylic acids is 2. The Morgan fingerprint density at radius 2 is 1.77 bits per heavy atom. The number of aryl methyl sites for hydroxylation is 1. The average molecular weight is 417 g/mol. The first kappa shape index (κ1) is 20.3. The number of hydrogen-bond donors (Lipinski definition) is 2. The fourth-order valence-electron chi connectivity index (χ4n) is 3.45. The fraction of sp³-hybridized carbons (Fsp3) is 0.217. The topological polar surface area (TPSA) is 96.5 Å². The van der Waals surface area contributed by atoms with Crippen LogP contribution in [0.15, 0.2) is 60.9 Å². The fourth-order valence-corrected chi connectivity index (χ4v) is 3.45. The molecule has 2 N–H and O–H groups in total. The van der Waals surface area contributed by atoms with Gasteiger partial charge in [-0.3, -0.25) is 9.59 Å². The molecule has 31 heavy (non-hydrogen) atoms. The minimum Gasteiger partial charge on any atom is -0.497 e. The van der Waals surface area contributed by atoms with Crippen LogP contribution in [-0.4, -0.2) is 35.4 Å². The van der Waals surface area contributed by atoms with Crippen LogP contribution < -0.4 is 20.3 Å². The highest BCUT2D eigenvalue weighted by Crippen LogP contribution is 2.28. The molecule has 1 aromatic heterocycles. The number of benzene rings is 2. The van der Waals surface area contributed by atoms with Crippen molar-refractivity contribution in [2.75, 3.05) is 29.2 Å². The molecule has 4 rings (SSSR count). The van der Waals surface area contributed by atoms with Crippen molar-refractivity contribution in [3.8, 4) is 5.75 Å². The van der Waals surface area contributed by atoms with Crippen molar-refractivity contribution >= 4 is 34.7 Å². The molecule has 1 saturated heterocycles. The Labute approximate surface area is 180 Å². The molecule has 0 spiro atoms. The van der Waals surface area contributed by atoms with E-state index in [9.17, 15) is 9.59 Å². The van der Waals surface area contributed by atoms with Crippen LogP contribution in [0.5, 0.6) is 5.75 Å². The number of hydrogen-bond acceptors (Lipinski definition) is 6. The van der Waals surface area contributed by atoms with Crippen LogP contribution in [0.4, 0.5) is 22.9 Å². The van der Waals surface area contributed by atoms with Crippen LogP contribution in [0.1, 0.15) is 12.1 Å². The summed E-state index contributed by atoms with van der Waals surface area (Å²) in [5.41, 5.74) is 3.15. The Balaban J connectivity index is 1.36. The lowest BCUT2D eigenvalue weighted by molar-refractivity contribution is -0.122. The number of ether oxygens (including phenoxy) is 1. The second kappa shape index (κ2) is 8.83. The molecule has 158 valence electrons. The minimum absolute atomic E-state index is 0.0648. The van der Waals surface area contributed by atoms with Gasteiger partial charge in [-0.25, -0.2) is 9.97 Å². The molecule has 1 aliphatic rings. The van der Waals surface area contributed by atoms with Crippen molar-refractivity contribution in [2.24, 2.45) is 5.92 Å². The molecule has 2 amide bonds. The number of methoxy groups -OCH3 is 1. The number of rotatable bonds is 6. The van der Waals surface area contributed by atoms with Gasteiger partial charge in [0.2, 0.25) is 11.8 Å². The number of anilines is 4. The van der Waals surface area contributed by atoms with Gasteiger partial charge in [-0.15, -0.1) is 0 Å². The summed E-state index contributed by atoms with van der Waals surface area (Å²) in [6.07, 6.45) is 1.69. The van der Waals surface area contributed by atoms with Crippen molar-refractivity contribution in [3.63, 3.8) is 0 Å². The Hall–Kier alpha value is -3.94. The molecule has 1 fully saturated rings. The van der Waals surface area contributed by atoms with Crippen molar-refractivity contribution in [2.45, 2.75) is 13.3 Å². The van der Waals surface area contributed by atoms with Crippen molar-refractivity contribution in [1.29, 1.82) is 0 Å². The standard InChI is InChI=1S/C23H23N5O3/c1-15-11-21(25-14-24-15)26-17-3-5-18(6-4-17)27-23(30)16-12-22(29)28(13-16)19-7-9-20(31-2)10-8-19/h3-11,14,16H,12-13H2,1-2H3,(H,27,30)(H,24,25,26). The van der Waals surface area contributed by atoms with Gasteiger partial charge >= 0.3 is 0 Å². The van der Waals surface area contributed by atoms with E-state index < -0.39 is 5.92 Å². The molecule has 0 aliphatic carbocycles. The van der Waals surface area contributed by atoms with E-state index in [2.05, 4.69) is 20.6 Å². The Kier molecular flexibility index (Phi) is 5.79. The number of amides is 2. The number of nitrogens with one attached hydrogen (secondary N) is 2. The third-order valence-corrected chi connectivity index (χ3v) is 5.11. The first-order chi connectivity index (χ1) is 15.0. The van der Waals surface area contributed by atoms with Crippen LogP contribution in [0, 0.1) is 12.8 Å². The lowest BCUT2D eigenvalue weighted by atomic mass is 10.1. The van der Waals surface area contributed by atoms with Gasteiger partial charge in [0.25, 0.3) is 0 Å². The summed E-state index contributed by atoms with van der Waals surface area (Å²) < 4.78 is 5.15. The lowest BCUT2D eigenvalue weighted by Gasteiger charge is -2.17. The monoisotopic (exact) mass is 417 g/mol. The molecular weight excluding hydrogens is 394 g/mol. The van der Waals surface area contributed by atoms with Crippen molar-refractivity contribution in [3.05, 3.63) is 66.6 Å². The van der Waals surface area contributed by atoms with Crippen LogP contribution >= 0.6 is 0 Å².